The summed E-state index contributed by atoms with van der Waals surface area (Å²) in [5.41, 5.74) is 0. The van der Waals surface area contributed by atoms with Gasteiger partial charge in [-0.25, -0.2) is 0 Å². The van der Waals surface area contributed by atoms with E-state index in [9.17, 15) is 0 Å². The SMILES string of the molecule is CC(C)C(C)Cc1nn[nH]n1. The lowest BCUT2D eigenvalue weighted by Gasteiger charge is -2.11. The minimum atomic E-state index is 0.618. The van der Waals surface area contributed by atoms with Gasteiger partial charge in [-0.05, 0) is 11.8 Å². The Kier molecular flexibility index (Phi) is 2.57. The predicted octanol–water partition coefficient (Wildman–Crippen LogP) is 1.03. The summed E-state index contributed by atoms with van der Waals surface area (Å²) in [4.78, 5) is 0. The van der Waals surface area contributed by atoms with E-state index < -0.39 is 0 Å². The zero-order valence-corrected chi connectivity index (χ0v) is 7.20. The fraction of sp³-hybridized carbons (Fsp3) is 0.857. The number of nitrogens with one attached hydrogen (secondary N) is 1. The van der Waals surface area contributed by atoms with E-state index in [1.807, 2.05) is 0 Å². The van der Waals surface area contributed by atoms with Crippen molar-refractivity contribution >= 4 is 0 Å². The molecule has 0 radical (unpaired) electrons. The largest absolute Gasteiger partial charge is 0.177 e. The molecular formula is C7H14N4. The molecule has 1 unspecified atom stereocenters. The Labute approximate surface area is 66.4 Å². The Bertz CT molecular complexity index is 192. The molecule has 1 N–H and O–H groups in total. The summed E-state index contributed by atoms with van der Waals surface area (Å²) in [6.07, 6.45) is 0.911. The van der Waals surface area contributed by atoms with Crippen LogP contribution in [0.15, 0.2) is 0 Å². The van der Waals surface area contributed by atoms with Gasteiger partial charge in [0, 0.05) is 6.42 Å². The first-order valence-corrected chi connectivity index (χ1v) is 3.92. The van der Waals surface area contributed by atoms with Gasteiger partial charge in [0.25, 0.3) is 0 Å². The van der Waals surface area contributed by atoms with Crippen molar-refractivity contribution in [3.8, 4) is 0 Å². The lowest BCUT2D eigenvalue weighted by atomic mass is 9.95. The summed E-state index contributed by atoms with van der Waals surface area (Å²) in [5.74, 6) is 2.10. The van der Waals surface area contributed by atoms with Gasteiger partial charge in [0.15, 0.2) is 5.82 Å². The second kappa shape index (κ2) is 3.46. The van der Waals surface area contributed by atoms with Crippen molar-refractivity contribution in [3.05, 3.63) is 5.82 Å². The van der Waals surface area contributed by atoms with Crippen molar-refractivity contribution in [2.24, 2.45) is 11.8 Å². The average molecular weight is 154 g/mol. The van der Waals surface area contributed by atoms with Crippen LogP contribution in [0.2, 0.25) is 0 Å². The van der Waals surface area contributed by atoms with Crippen molar-refractivity contribution in [2.45, 2.75) is 27.2 Å². The number of hydrogen-bond acceptors (Lipinski definition) is 3. The molecular weight excluding hydrogens is 140 g/mol. The maximum absolute atomic E-state index is 3.89. The lowest BCUT2D eigenvalue weighted by molar-refractivity contribution is 0.409. The third-order valence-corrected chi connectivity index (χ3v) is 2.03. The topological polar surface area (TPSA) is 54.5 Å². The molecule has 1 aromatic heterocycles. The minimum Gasteiger partial charge on any atom is -0.177 e. The van der Waals surface area contributed by atoms with Gasteiger partial charge in [0.1, 0.15) is 0 Å². The zero-order valence-electron chi connectivity index (χ0n) is 7.20. The first-order valence-electron chi connectivity index (χ1n) is 3.92. The van der Waals surface area contributed by atoms with E-state index in [0.717, 1.165) is 12.2 Å². The van der Waals surface area contributed by atoms with Crippen LogP contribution in [0.5, 0.6) is 0 Å². The second-order valence-electron chi connectivity index (χ2n) is 3.25. The predicted molar refractivity (Wildman–Crippen MR) is 41.9 cm³/mol. The third kappa shape index (κ3) is 2.29. The van der Waals surface area contributed by atoms with Crippen molar-refractivity contribution in [3.63, 3.8) is 0 Å². The van der Waals surface area contributed by atoms with Gasteiger partial charge >= 0.3 is 0 Å². The third-order valence-electron chi connectivity index (χ3n) is 2.03. The van der Waals surface area contributed by atoms with Crippen LogP contribution in [0.1, 0.15) is 26.6 Å². The van der Waals surface area contributed by atoms with Crippen LogP contribution >= 0.6 is 0 Å². The molecule has 0 saturated heterocycles. The highest BCUT2D eigenvalue weighted by Crippen LogP contribution is 2.12. The molecule has 4 heteroatoms. The number of aromatic nitrogens is 4. The van der Waals surface area contributed by atoms with Crippen LogP contribution in [0.4, 0.5) is 0 Å². The molecule has 0 saturated carbocycles. The molecule has 1 atom stereocenters. The Morgan fingerprint density at radius 2 is 2.09 bits per heavy atom. The Hall–Kier alpha value is -0.930. The highest BCUT2D eigenvalue weighted by Gasteiger charge is 2.10. The summed E-state index contributed by atoms with van der Waals surface area (Å²) in [5, 5.41) is 13.7. The lowest BCUT2D eigenvalue weighted by Crippen LogP contribution is -2.08. The van der Waals surface area contributed by atoms with Gasteiger partial charge in [-0.3, -0.25) is 0 Å². The first-order chi connectivity index (χ1) is 5.20. The fourth-order valence-corrected chi connectivity index (χ4v) is 0.793. The van der Waals surface area contributed by atoms with Gasteiger partial charge in [-0.15, -0.1) is 10.2 Å². The fourth-order valence-electron chi connectivity index (χ4n) is 0.793. The van der Waals surface area contributed by atoms with Crippen molar-refractivity contribution in [1.29, 1.82) is 0 Å². The minimum absolute atomic E-state index is 0.618. The van der Waals surface area contributed by atoms with Gasteiger partial charge in [-0.2, -0.15) is 5.21 Å². The smallest absolute Gasteiger partial charge is 0.174 e. The quantitative estimate of drug-likeness (QED) is 0.707. The molecule has 11 heavy (non-hydrogen) atoms. The van der Waals surface area contributed by atoms with E-state index in [4.69, 9.17) is 0 Å². The number of rotatable bonds is 3. The van der Waals surface area contributed by atoms with Crippen molar-refractivity contribution in [2.75, 3.05) is 0 Å². The molecule has 0 aliphatic rings. The van der Waals surface area contributed by atoms with Gasteiger partial charge < -0.3 is 0 Å². The highest BCUT2D eigenvalue weighted by molar-refractivity contribution is 4.79. The molecule has 0 aliphatic carbocycles. The molecule has 1 rings (SSSR count). The summed E-state index contributed by atoms with van der Waals surface area (Å²) in [6, 6.07) is 0. The molecule has 0 amide bonds. The Balaban J connectivity index is 2.43. The van der Waals surface area contributed by atoms with Crippen LogP contribution in [0.3, 0.4) is 0 Å². The number of H-pyrrole nitrogens is 1. The number of nitrogens with zero attached hydrogens (tertiary/aromatic N) is 3. The molecule has 0 aromatic carbocycles. The summed E-state index contributed by atoms with van der Waals surface area (Å²) < 4.78 is 0. The maximum atomic E-state index is 3.89. The van der Waals surface area contributed by atoms with Gasteiger partial charge in [-0.1, -0.05) is 26.0 Å². The van der Waals surface area contributed by atoms with Gasteiger partial charge in [0.05, 0.1) is 0 Å². The summed E-state index contributed by atoms with van der Waals surface area (Å²) >= 11 is 0. The van der Waals surface area contributed by atoms with Crippen LogP contribution in [0, 0.1) is 11.8 Å². The standard InChI is InChI=1S/C7H14N4/c1-5(2)6(3)4-7-8-10-11-9-7/h5-6H,4H2,1-3H3,(H,8,9,10,11). The molecule has 0 fully saturated rings. The van der Waals surface area contributed by atoms with E-state index in [2.05, 4.69) is 41.4 Å². The second-order valence-corrected chi connectivity index (χ2v) is 3.25. The number of hydrogen-bond donors (Lipinski definition) is 1. The molecule has 1 aromatic rings. The Morgan fingerprint density at radius 3 is 2.55 bits per heavy atom. The molecule has 1 heterocycles. The average Bonchev–Trinajstić information content (AvgIpc) is 2.39. The molecule has 62 valence electrons. The van der Waals surface area contributed by atoms with E-state index in [1.54, 1.807) is 0 Å². The maximum Gasteiger partial charge on any atom is 0.174 e. The number of tetrazole rings is 1. The highest BCUT2D eigenvalue weighted by atomic mass is 15.5. The monoisotopic (exact) mass is 154 g/mol. The molecule has 0 aliphatic heterocycles. The molecule has 0 bridgehead atoms. The van der Waals surface area contributed by atoms with Crippen molar-refractivity contribution in [1.82, 2.24) is 20.6 Å². The van der Waals surface area contributed by atoms with E-state index in [1.165, 1.54) is 0 Å². The van der Waals surface area contributed by atoms with Crippen LogP contribution in [-0.4, -0.2) is 20.6 Å². The zero-order chi connectivity index (χ0) is 8.27. The van der Waals surface area contributed by atoms with Crippen LogP contribution in [0.25, 0.3) is 0 Å². The van der Waals surface area contributed by atoms with Gasteiger partial charge in [0.2, 0.25) is 0 Å². The Morgan fingerprint density at radius 1 is 1.36 bits per heavy atom. The first kappa shape index (κ1) is 8.17. The molecule has 4 nitrogen and oxygen atoms in total. The summed E-state index contributed by atoms with van der Waals surface area (Å²) in [6.45, 7) is 6.59. The normalized spacial score (nSPS) is 13.8. The van der Waals surface area contributed by atoms with E-state index in [0.29, 0.717) is 11.8 Å². The van der Waals surface area contributed by atoms with Crippen molar-refractivity contribution < 1.29 is 0 Å². The number of aromatic amines is 1. The van der Waals surface area contributed by atoms with Crippen LogP contribution in [-0.2, 0) is 6.42 Å². The molecule has 0 spiro atoms. The summed E-state index contributed by atoms with van der Waals surface area (Å²) in [7, 11) is 0. The van der Waals surface area contributed by atoms with Crippen LogP contribution < -0.4 is 0 Å². The van der Waals surface area contributed by atoms with E-state index >= 15 is 0 Å². The van der Waals surface area contributed by atoms with E-state index in [-0.39, 0.29) is 0 Å².